The molecule has 3 rings (SSSR count). The Balaban J connectivity index is 0.000000278. The van der Waals surface area contributed by atoms with Gasteiger partial charge in [-0.05, 0) is 73.8 Å². The highest BCUT2D eigenvalue weighted by Crippen LogP contribution is 2.17. The lowest BCUT2D eigenvalue weighted by molar-refractivity contribution is 0.174. The van der Waals surface area contributed by atoms with Crippen LogP contribution >= 0.6 is 0 Å². The molecule has 0 aliphatic rings. The van der Waals surface area contributed by atoms with Gasteiger partial charge in [0.05, 0.1) is 11.0 Å². The molecule has 0 unspecified atom stereocenters. The summed E-state index contributed by atoms with van der Waals surface area (Å²) in [5.41, 5.74) is 2.85. The number of aliphatic hydroxyl groups excluding tert-OH is 1. The van der Waals surface area contributed by atoms with E-state index in [4.69, 9.17) is 4.55 Å². The van der Waals surface area contributed by atoms with Crippen LogP contribution in [0.15, 0.2) is 77.7 Å². The molecule has 5 N–H and O–H groups in total. The van der Waals surface area contributed by atoms with Crippen LogP contribution < -0.4 is 5.32 Å². The van der Waals surface area contributed by atoms with Gasteiger partial charge in [-0.15, -0.1) is 0 Å². The van der Waals surface area contributed by atoms with E-state index in [-0.39, 0.29) is 16.4 Å². The number of benzene rings is 3. The van der Waals surface area contributed by atoms with Gasteiger partial charge in [-0.1, -0.05) is 42.0 Å². The first-order valence-corrected chi connectivity index (χ1v) is 11.6. The van der Waals surface area contributed by atoms with Gasteiger partial charge in [0.1, 0.15) is 11.5 Å². The molecule has 0 amide bonds. The number of phenols is 2. The van der Waals surface area contributed by atoms with Gasteiger partial charge in [-0.3, -0.25) is 4.55 Å². The van der Waals surface area contributed by atoms with Crippen molar-refractivity contribution in [1.82, 2.24) is 5.32 Å². The SMILES string of the molecule is Cc1ccc(S(=O)(=O)O)cc1.Oc1ccc(CCCNC[C@H](O)c2cccc(O)c2)cc1. The Morgan fingerprint density at radius 1 is 0.906 bits per heavy atom. The van der Waals surface area contributed by atoms with Crippen LogP contribution in [0.2, 0.25) is 0 Å². The summed E-state index contributed by atoms with van der Waals surface area (Å²) in [5.74, 6) is 0.449. The van der Waals surface area contributed by atoms with Crippen LogP contribution in [-0.2, 0) is 16.5 Å². The lowest BCUT2D eigenvalue weighted by Gasteiger charge is -2.12. The topological polar surface area (TPSA) is 127 Å². The summed E-state index contributed by atoms with van der Waals surface area (Å²) in [4.78, 5) is -0.0666. The number of hydrogen-bond donors (Lipinski definition) is 5. The summed E-state index contributed by atoms with van der Waals surface area (Å²) in [7, 11) is -4.02. The van der Waals surface area contributed by atoms with Crippen molar-refractivity contribution in [2.45, 2.75) is 30.8 Å². The van der Waals surface area contributed by atoms with E-state index in [2.05, 4.69) is 5.32 Å². The Morgan fingerprint density at radius 2 is 1.56 bits per heavy atom. The summed E-state index contributed by atoms with van der Waals surface area (Å²) in [5, 5.41) is 31.8. The first-order valence-electron chi connectivity index (χ1n) is 10.1. The number of hydrogen-bond acceptors (Lipinski definition) is 6. The number of aromatic hydroxyl groups is 2. The number of aryl methyl sites for hydroxylation is 2. The van der Waals surface area contributed by atoms with E-state index in [9.17, 15) is 23.7 Å². The molecule has 0 aliphatic carbocycles. The first-order chi connectivity index (χ1) is 15.1. The van der Waals surface area contributed by atoms with Crippen LogP contribution in [0, 0.1) is 6.92 Å². The van der Waals surface area contributed by atoms with Crippen LogP contribution in [0.5, 0.6) is 11.5 Å². The Morgan fingerprint density at radius 3 is 2.16 bits per heavy atom. The van der Waals surface area contributed by atoms with Crippen molar-refractivity contribution < 1.29 is 28.3 Å². The summed E-state index contributed by atoms with van der Waals surface area (Å²) in [6, 6.07) is 19.9. The highest BCUT2D eigenvalue weighted by molar-refractivity contribution is 7.85. The van der Waals surface area contributed by atoms with Gasteiger partial charge in [-0.2, -0.15) is 8.42 Å². The molecule has 172 valence electrons. The van der Waals surface area contributed by atoms with E-state index in [0.29, 0.717) is 12.1 Å². The zero-order valence-corrected chi connectivity index (χ0v) is 18.7. The number of nitrogens with one attached hydrogen (secondary N) is 1. The fourth-order valence-corrected chi connectivity index (χ4v) is 3.36. The van der Waals surface area contributed by atoms with Crippen molar-refractivity contribution in [3.8, 4) is 11.5 Å². The van der Waals surface area contributed by atoms with E-state index in [1.54, 1.807) is 48.5 Å². The molecule has 3 aromatic carbocycles. The van der Waals surface area contributed by atoms with Crippen LogP contribution in [0.1, 0.15) is 29.2 Å². The fourth-order valence-electron chi connectivity index (χ4n) is 2.88. The maximum absolute atomic E-state index is 10.5. The number of phenolic OH excluding ortho intramolecular Hbond substituents is 2. The van der Waals surface area contributed by atoms with Crippen molar-refractivity contribution in [2.24, 2.45) is 0 Å². The molecule has 8 heteroatoms. The van der Waals surface area contributed by atoms with Gasteiger partial charge in [0.2, 0.25) is 0 Å². The van der Waals surface area contributed by atoms with Gasteiger partial charge in [0.15, 0.2) is 0 Å². The predicted octanol–water partition coefficient (Wildman–Crippen LogP) is 3.60. The van der Waals surface area contributed by atoms with Crippen molar-refractivity contribution in [2.75, 3.05) is 13.1 Å². The van der Waals surface area contributed by atoms with E-state index in [1.807, 2.05) is 19.1 Å². The maximum atomic E-state index is 10.5. The highest BCUT2D eigenvalue weighted by Gasteiger charge is 2.08. The summed E-state index contributed by atoms with van der Waals surface area (Å²) in [6.45, 7) is 3.10. The monoisotopic (exact) mass is 459 g/mol. The molecule has 0 saturated carbocycles. The normalized spacial score (nSPS) is 12.0. The molecule has 0 bridgehead atoms. The Bertz CT molecular complexity index is 1070. The molecule has 3 aromatic rings. The summed E-state index contributed by atoms with van der Waals surface area (Å²) in [6.07, 6.45) is 1.26. The minimum atomic E-state index is -4.02. The van der Waals surface area contributed by atoms with Gasteiger partial charge >= 0.3 is 0 Å². The maximum Gasteiger partial charge on any atom is 0.294 e. The van der Waals surface area contributed by atoms with Crippen LogP contribution in [0.25, 0.3) is 0 Å². The Labute approximate surface area is 188 Å². The second-order valence-electron chi connectivity index (χ2n) is 7.37. The molecule has 0 fully saturated rings. The molecule has 7 nitrogen and oxygen atoms in total. The summed E-state index contributed by atoms with van der Waals surface area (Å²) >= 11 is 0. The minimum Gasteiger partial charge on any atom is -0.508 e. The van der Waals surface area contributed by atoms with Crippen molar-refractivity contribution in [1.29, 1.82) is 0 Å². The second-order valence-corrected chi connectivity index (χ2v) is 8.79. The number of rotatable bonds is 8. The average Bonchev–Trinajstić information content (AvgIpc) is 2.75. The number of aliphatic hydroxyl groups is 1. The summed E-state index contributed by atoms with van der Waals surface area (Å²) < 4.78 is 29.6. The largest absolute Gasteiger partial charge is 0.508 e. The highest BCUT2D eigenvalue weighted by atomic mass is 32.2. The van der Waals surface area contributed by atoms with Gasteiger partial charge in [-0.25, -0.2) is 0 Å². The molecular weight excluding hydrogens is 430 g/mol. The molecule has 0 radical (unpaired) electrons. The molecule has 0 saturated heterocycles. The van der Waals surface area contributed by atoms with E-state index < -0.39 is 16.2 Å². The lowest BCUT2D eigenvalue weighted by Crippen LogP contribution is -2.22. The van der Waals surface area contributed by atoms with Crippen LogP contribution in [-0.4, -0.2) is 41.4 Å². The molecular formula is C24H29NO6S. The minimum absolute atomic E-state index is 0.0666. The Kier molecular flexibility index (Phi) is 9.67. The quantitative estimate of drug-likeness (QED) is 0.257. The first kappa shape index (κ1) is 25.4. The molecule has 0 spiro atoms. The van der Waals surface area contributed by atoms with Crippen molar-refractivity contribution in [3.05, 3.63) is 89.5 Å². The standard InChI is InChI=1S/C17H21NO3.C7H8O3S/c19-15-8-6-13(7-9-15)3-2-10-18-12-17(21)14-4-1-5-16(20)11-14;1-6-2-4-7(5-3-6)11(8,9)10/h1,4-9,11,17-21H,2-3,10,12H2;2-5H,1H3,(H,8,9,10)/t17-;/m0./s1. The third-order valence-corrected chi connectivity index (χ3v) is 5.53. The van der Waals surface area contributed by atoms with E-state index in [1.165, 1.54) is 17.7 Å². The lowest BCUT2D eigenvalue weighted by atomic mass is 10.1. The van der Waals surface area contributed by atoms with Crippen molar-refractivity contribution >= 4 is 10.1 Å². The third-order valence-electron chi connectivity index (χ3n) is 4.67. The Hall–Kier alpha value is -2.91. The fraction of sp³-hybridized carbons (Fsp3) is 0.250. The smallest absolute Gasteiger partial charge is 0.294 e. The molecule has 0 aromatic heterocycles. The van der Waals surface area contributed by atoms with Crippen LogP contribution in [0.3, 0.4) is 0 Å². The van der Waals surface area contributed by atoms with Gasteiger partial charge in [0.25, 0.3) is 10.1 Å². The van der Waals surface area contributed by atoms with E-state index >= 15 is 0 Å². The average molecular weight is 460 g/mol. The molecule has 32 heavy (non-hydrogen) atoms. The molecule has 1 atom stereocenters. The second kappa shape index (κ2) is 12.2. The van der Waals surface area contributed by atoms with Gasteiger partial charge < -0.3 is 20.6 Å². The zero-order valence-electron chi connectivity index (χ0n) is 17.8. The zero-order chi connectivity index (χ0) is 23.6. The van der Waals surface area contributed by atoms with Gasteiger partial charge in [0, 0.05) is 6.54 Å². The third kappa shape index (κ3) is 9.07. The molecule has 0 heterocycles. The molecule has 0 aliphatic heterocycles. The van der Waals surface area contributed by atoms with Crippen molar-refractivity contribution in [3.63, 3.8) is 0 Å². The van der Waals surface area contributed by atoms with E-state index in [0.717, 1.165) is 24.9 Å². The van der Waals surface area contributed by atoms with Crippen LogP contribution in [0.4, 0.5) is 0 Å². The predicted molar refractivity (Wildman–Crippen MR) is 123 cm³/mol.